The molecule has 0 saturated carbocycles. The molecule has 288 valence electrons. The number of hydrogen-bond acceptors (Lipinski definition) is 3. The summed E-state index contributed by atoms with van der Waals surface area (Å²) < 4.78 is 0. The first-order chi connectivity index (χ1) is 30.0. The van der Waals surface area contributed by atoms with E-state index < -0.39 is 0 Å². The smallest absolute Gasteiger partial charge is 0.160 e. The highest BCUT2D eigenvalue weighted by Gasteiger charge is 2.36. The van der Waals surface area contributed by atoms with Crippen molar-refractivity contribution in [1.82, 2.24) is 15.0 Å². The quantitative estimate of drug-likeness (QED) is 0.162. The first-order valence-corrected chi connectivity index (χ1v) is 20.9. The van der Waals surface area contributed by atoms with E-state index in [-0.39, 0.29) is 5.41 Å². The van der Waals surface area contributed by atoms with Crippen molar-refractivity contribution in [2.75, 3.05) is 0 Å². The first-order valence-electron chi connectivity index (χ1n) is 20.9. The van der Waals surface area contributed by atoms with Crippen LogP contribution in [0.15, 0.2) is 212 Å². The van der Waals surface area contributed by atoms with Crippen molar-refractivity contribution in [3.63, 3.8) is 0 Å². The molecule has 2 heterocycles. The summed E-state index contributed by atoms with van der Waals surface area (Å²) in [7, 11) is 0. The van der Waals surface area contributed by atoms with Crippen molar-refractivity contribution in [1.29, 1.82) is 0 Å². The SMILES string of the molecule is CC1(C)c2ccccc2-c2cc3c(-c4cc(-c5ccccc5)cc(-c5nc(-c6ccccc6)cc(-c6ccccc6)n5)c4)cc(-c4ccc(-c5ccccc5)cc4)nc3cc21. The lowest BCUT2D eigenvalue weighted by molar-refractivity contribution is 0.661. The third-order valence-electron chi connectivity index (χ3n) is 12.3. The number of hydrogen-bond donors (Lipinski definition) is 0. The molecule has 1 aliphatic carbocycles. The van der Waals surface area contributed by atoms with Gasteiger partial charge >= 0.3 is 0 Å². The van der Waals surface area contributed by atoms with Crippen LogP contribution in [-0.2, 0) is 5.41 Å². The fourth-order valence-corrected chi connectivity index (χ4v) is 9.07. The standard InChI is InChI=1S/C58H41N3/c1-58(2)51-26-16-15-25-47(51)49-34-50-48(35-53(59-56(50)36-52(49)58)43-29-27-40(28-30-43)38-17-7-3-8-18-38)45-31-44(39-19-9-4-10-20-39)32-46(33-45)57-60-54(41-21-11-5-12-22-41)37-55(61-57)42-23-13-6-14-24-42/h3-37H,1-2H3. The van der Waals surface area contributed by atoms with Crippen LogP contribution in [0.1, 0.15) is 25.0 Å². The molecular weight excluding hydrogens is 739 g/mol. The van der Waals surface area contributed by atoms with Gasteiger partial charge in [-0.2, -0.15) is 0 Å². The minimum absolute atomic E-state index is 0.159. The molecule has 0 spiro atoms. The highest BCUT2D eigenvalue weighted by Crippen LogP contribution is 2.51. The second kappa shape index (κ2) is 14.8. The van der Waals surface area contributed by atoms with E-state index in [1.165, 1.54) is 33.4 Å². The third kappa shape index (κ3) is 6.61. The Labute approximate surface area is 356 Å². The van der Waals surface area contributed by atoms with Gasteiger partial charge in [0.05, 0.1) is 22.6 Å². The number of nitrogens with zero attached hydrogens (tertiary/aromatic N) is 3. The second-order valence-corrected chi connectivity index (χ2v) is 16.4. The highest BCUT2D eigenvalue weighted by atomic mass is 14.9. The van der Waals surface area contributed by atoms with E-state index in [0.717, 1.165) is 72.5 Å². The summed E-state index contributed by atoms with van der Waals surface area (Å²) in [6.07, 6.45) is 0. The van der Waals surface area contributed by atoms with Crippen molar-refractivity contribution in [3.8, 4) is 89.7 Å². The number of aromatic nitrogens is 3. The molecule has 0 atom stereocenters. The largest absolute Gasteiger partial charge is 0.248 e. The summed E-state index contributed by atoms with van der Waals surface area (Å²) in [6, 6.07) is 75.5. The summed E-state index contributed by atoms with van der Waals surface area (Å²) in [4.78, 5) is 16.1. The normalized spacial score (nSPS) is 12.6. The average molecular weight is 780 g/mol. The number of pyridine rings is 1. The van der Waals surface area contributed by atoms with E-state index in [1.54, 1.807) is 0 Å². The fourth-order valence-electron chi connectivity index (χ4n) is 9.07. The van der Waals surface area contributed by atoms with Crippen LogP contribution in [0.2, 0.25) is 0 Å². The Hall–Kier alpha value is -7.75. The van der Waals surface area contributed by atoms with E-state index in [4.69, 9.17) is 15.0 Å². The molecule has 1 aliphatic rings. The zero-order valence-corrected chi connectivity index (χ0v) is 34.0. The van der Waals surface area contributed by atoms with Gasteiger partial charge in [-0.05, 0) is 98.1 Å². The summed E-state index contributed by atoms with van der Waals surface area (Å²) in [5, 5.41) is 1.11. The Morgan fingerprint density at radius 1 is 0.295 bits per heavy atom. The van der Waals surface area contributed by atoms with Gasteiger partial charge in [0, 0.05) is 33.1 Å². The van der Waals surface area contributed by atoms with Gasteiger partial charge in [0.25, 0.3) is 0 Å². The molecule has 10 aromatic rings. The molecule has 61 heavy (non-hydrogen) atoms. The summed E-state index contributed by atoms with van der Waals surface area (Å²) in [6.45, 7) is 4.67. The molecule has 0 fully saturated rings. The lowest BCUT2D eigenvalue weighted by atomic mass is 9.82. The van der Waals surface area contributed by atoms with Gasteiger partial charge in [0.15, 0.2) is 5.82 Å². The lowest BCUT2D eigenvalue weighted by Crippen LogP contribution is -2.14. The minimum Gasteiger partial charge on any atom is -0.248 e. The molecule has 8 aromatic carbocycles. The van der Waals surface area contributed by atoms with Crippen LogP contribution >= 0.6 is 0 Å². The molecule has 0 radical (unpaired) electrons. The number of benzene rings is 8. The van der Waals surface area contributed by atoms with Crippen molar-refractivity contribution in [2.45, 2.75) is 19.3 Å². The van der Waals surface area contributed by atoms with E-state index >= 15 is 0 Å². The van der Waals surface area contributed by atoms with Crippen LogP contribution in [-0.4, -0.2) is 15.0 Å². The molecule has 11 rings (SSSR count). The van der Waals surface area contributed by atoms with Crippen LogP contribution in [0.5, 0.6) is 0 Å². The molecule has 2 aromatic heterocycles. The van der Waals surface area contributed by atoms with Gasteiger partial charge in [-0.1, -0.05) is 184 Å². The predicted octanol–water partition coefficient (Wildman–Crippen LogP) is 15.0. The van der Waals surface area contributed by atoms with Gasteiger partial charge < -0.3 is 0 Å². The maximum atomic E-state index is 5.47. The maximum Gasteiger partial charge on any atom is 0.160 e. The Morgan fingerprint density at radius 2 is 0.754 bits per heavy atom. The monoisotopic (exact) mass is 779 g/mol. The van der Waals surface area contributed by atoms with E-state index in [2.05, 4.69) is 214 Å². The maximum absolute atomic E-state index is 5.47. The highest BCUT2D eigenvalue weighted by molar-refractivity contribution is 6.02. The van der Waals surface area contributed by atoms with Crippen LogP contribution < -0.4 is 0 Å². The fraction of sp³-hybridized carbons (Fsp3) is 0.0517. The zero-order valence-electron chi connectivity index (χ0n) is 34.0. The Bertz CT molecular complexity index is 3170. The summed E-state index contributed by atoms with van der Waals surface area (Å²) in [5.41, 5.74) is 19.6. The summed E-state index contributed by atoms with van der Waals surface area (Å²) >= 11 is 0. The molecule has 0 unspecified atom stereocenters. The van der Waals surface area contributed by atoms with Crippen molar-refractivity contribution in [2.24, 2.45) is 0 Å². The summed E-state index contributed by atoms with van der Waals surface area (Å²) in [5.74, 6) is 0.672. The first kappa shape index (κ1) is 36.3. The van der Waals surface area contributed by atoms with E-state index in [9.17, 15) is 0 Å². The van der Waals surface area contributed by atoms with Crippen molar-refractivity contribution >= 4 is 10.9 Å². The van der Waals surface area contributed by atoms with Crippen LogP contribution in [0.25, 0.3) is 101 Å². The van der Waals surface area contributed by atoms with Crippen molar-refractivity contribution < 1.29 is 0 Å². The molecule has 0 saturated heterocycles. The van der Waals surface area contributed by atoms with Crippen molar-refractivity contribution in [3.05, 3.63) is 223 Å². The van der Waals surface area contributed by atoms with E-state index in [1.807, 2.05) is 12.1 Å². The average Bonchev–Trinajstić information content (AvgIpc) is 3.56. The van der Waals surface area contributed by atoms with Gasteiger partial charge in [-0.15, -0.1) is 0 Å². The minimum atomic E-state index is -0.159. The Balaban J connectivity index is 1.17. The third-order valence-corrected chi connectivity index (χ3v) is 12.3. The number of rotatable bonds is 7. The molecule has 0 N–H and O–H groups in total. The van der Waals surface area contributed by atoms with Gasteiger partial charge in [0.2, 0.25) is 0 Å². The van der Waals surface area contributed by atoms with Gasteiger partial charge in [0.1, 0.15) is 0 Å². The molecule has 3 nitrogen and oxygen atoms in total. The molecule has 0 aliphatic heterocycles. The zero-order chi connectivity index (χ0) is 40.9. The lowest BCUT2D eigenvalue weighted by Gasteiger charge is -2.22. The van der Waals surface area contributed by atoms with Crippen LogP contribution in [0.3, 0.4) is 0 Å². The Kier molecular flexibility index (Phi) is 8.82. The number of fused-ring (bicyclic) bond motifs is 4. The molecule has 0 amide bonds. The van der Waals surface area contributed by atoms with Crippen LogP contribution in [0, 0.1) is 0 Å². The molecule has 3 heteroatoms. The molecular formula is C58H41N3. The van der Waals surface area contributed by atoms with Gasteiger partial charge in [-0.25, -0.2) is 15.0 Å². The van der Waals surface area contributed by atoms with Crippen LogP contribution in [0.4, 0.5) is 0 Å². The predicted molar refractivity (Wildman–Crippen MR) is 253 cm³/mol. The Morgan fingerprint density at radius 3 is 1.38 bits per heavy atom. The van der Waals surface area contributed by atoms with Gasteiger partial charge in [-0.3, -0.25) is 0 Å². The van der Waals surface area contributed by atoms with E-state index in [0.29, 0.717) is 5.82 Å². The molecule has 0 bridgehead atoms. The second-order valence-electron chi connectivity index (χ2n) is 16.4. The topological polar surface area (TPSA) is 38.7 Å².